The molecule has 0 bridgehead atoms. The zero-order chi connectivity index (χ0) is 21.2. The lowest BCUT2D eigenvalue weighted by Crippen LogP contribution is -2.54. The average molecular weight is 397 g/mol. The highest BCUT2D eigenvalue weighted by Crippen LogP contribution is 2.06. The number of hydrazine groups is 1. The van der Waals surface area contributed by atoms with Crippen molar-refractivity contribution in [2.45, 2.75) is 39.8 Å². The number of nitrogens with one attached hydrogen (secondary N) is 3. The molecule has 154 valence electrons. The molecule has 7 heteroatoms. The molecule has 0 aliphatic heterocycles. The lowest BCUT2D eigenvalue weighted by Gasteiger charge is -2.21. The Hall–Kier alpha value is -3.35. The van der Waals surface area contributed by atoms with Gasteiger partial charge in [0.25, 0.3) is 11.8 Å². The summed E-state index contributed by atoms with van der Waals surface area (Å²) < 4.78 is 5.16. The van der Waals surface area contributed by atoms with Crippen molar-refractivity contribution in [3.05, 3.63) is 71.3 Å². The minimum atomic E-state index is -0.860. The van der Waals surface area contributed by atoms with Gasteiger partial charge < -0.3 is 10.1 Å². The molecule has 29 heavy (non-hydrogen) atoms. The third kappa shape index (κ3) is 6.95. The Balaban J connectivity index is 1.85. The zero-order valence-electron chi connectivity index (χ0n) is 16.9. The topological polar surface area (TPSA) is 96.5 Å². The molecule has 0 saturated carbocycles. The first-order valence-electron chi connectivity index (χ1n) is 9.57. The van der Waals surface area contributed by atoms with E-state index in [0.717, 1.165) is 17.5 Å². The van der Waals surface area contributed by atoms with Crippen LogP contribution in [-0.4, -0.2) is 23.9 Å². The summed E-state index contributed by atoms with van der Waals surface area (Å²) in [4.78, 5) is 36.7. The van der Waals surface area contributed by atoms with E-state index in [1.54, 1.807) is 26.0 Å². The van der Waals surface area contributed by atoms with Crippen LogP contribution in [0.15, 0.2) is 54.6 Å². The van der Waals surface area contributed by atoms with Gasteiger partial charge in [-0.05, 0) is 35.6 Å². The van der Waals surface area contributed by atoms with Crippen LogP contribution in [0.5, 0.6) is 0 Å². The molecule has 2 aromatic carbocycles. The van der Waals surface area contributed by atoms with E-state index in [1.807, 2.05) is 49.4 Å². The number of aryl methyl sites for hydroxylation is 1. The van der Waals surface area contributed by atoms with Gasteiger partial charge in [-0.1, -0.05) is 63.2 Å². The van der Waals surface area contributed by atoms with Gasteiger partial charge >= 0.3 is 6.09 Å². The minimum Gasteiger partial charge on any atom is -0.445 e. The predicted molar refractivity (Wildman–Crippen MR) is 110 cm³/mol. The smallest absolute Gasteiger partial charge is 0.408 e. The Labute approximate surface area is 170 Å². The third-order valence-electron chi connectivity index (χ3n) is 4.36. The summed E-state index contributed by atoms with van der Waals surface area (Å²) >= 11 is 0. The first-order valence-corrected chi connectivity index (χ1v) is 9.57. The van der Waals surface area contributed by atoms with Crippen molar-refractivity contribution in [3.63, 3.8) is 0 Å². The van der Waals surface area contributed by atoms with E-state index in [2.05, 4.69) is 16.2 Å². The van der Waals surface area contributed by atoms with Crippen LogP contribution in [0, 0.1) is 5.92 Å². The number of hydrogen-bond donors (Lipinski definition) is 3. The molecular weight excluding hydrogens is 370 g/mol. The van der Waals surface area contributed by atoms with Crippen molar-refractivity contribution < 1.29 is 19.1 Å². The second kappa shape index (κ2) is 10.8. The van der Waals surface area contributed by atoms with E-state index in [-0.39, 0.29) is 12.5 Å². The normalized spacial score (nSPS) is 11.4. The Bertz CT molecular complexity index is 820. The summed E-state index contributed by atoms with van der Waals surface area (Å²) in [6, 6.07) is 15.5. The highest BCUT2D eigenvalue weighted by Gasteiger charge is 2.25. The monoisotopic (exact) mass is 397 g/mol. The summed E-state index contributed by atoms with van der Waals surface area (Å²) in [5.74, 6) is -1.18. The quantitative estimate of drug-likeness (QED) is 0.626. The van der Waals surface area contributed by atoms with Gasteiger partial charge in [-0.3, -0.25) is 20.4 Å². The fraction of sp³-hybridized carbons (Fsp3) is 0.318. The first kappa shape index (κ1) is 21.9. The maximum absolute atomic E-state index is 12.4. The highest BCUT2D eigenvalue weighted by molar-refractivity contribution is 5.96. The van der Waals surface area contributed by atoms with Crippen molar-refractivity contribution in [1.29, 1.82) is 0 Å². The Kier molecular flexibility index (Phi) is 8.21. The Morgan fingerprint density at radius 1 is 0.897 bits per heavy atom. The van der Waals surface area contributed by atoms with Gasteiger partial charge in [0.05, 0.1) is 0 Å². The van der Waals surface area contributed by atoms with E-state index in [0.29, 0.717) is 5.56 Å². The summed E-state index contributed by atoms with van der Waals surface area (Å²) in [5.41, 5.74) is 7.12. The van der Waals surface area contributed by atoms with Gasteiger partial charge in [-0.2, -0.15) is 0 Å². The molecule has 2 rings (SSSR count). The number of rotatable bonds is 7. The molecule has 1 atom stereocenters. The molecule has 0 unspecified atom stereocenters. The predicted octanol–water partition coefficient (Wildman–Crippen LogP) is 2.96. The molecule has 2 aromatic rings. The Morgan fingerprint density at radius 3 is 2.14 bits per heavy atom. The molecule has 0 radical (unpaired) electrons. The van der Waals surface area contributed by atoms with Crippen molar-refractivity contribution in [2.75, 3.05) is 0 Å². The molecule has 3 amide bonds. The number of ether oxygens (including phenoxy) is 1. The van der Waals surface area contributed by atoms with Crippen LogP contribution in [-0.2, 0) is 22.6 Å². The van der Waals surface area contributed by atoms with Crippen molar-refractivity contribution in [1.82, 2.24) is 16.2 Å². The number of alkyl carbamates (subject to hydrolysis) is 1. The van der Waals surface area contributed by atoms with E-state index in [4.69, 9.17) is 4.74 Å². The number of benzene rings is 2. The lowest BCUT2D eigenvalue weighted by molar-refractivity contribution is -0.124. The van der Waals surface area contributed by atoms with Gasteiger partial charge in [0.2, 0.25) is 0 Å². The number of hydrogen-bond acceptors (Lipinski definition) is 4. The number of carbonyl (C=O) groups is 3. The molecular formula is C22H27N3O4. The molecule has 0 fully saturated rings. The van der Waals surface area contributed by atoms with Gasteiger partial charge in [0.15, 0.2) is 0 Å². The van der Waals surface area contributed by atoms with Crippen LogP contribution in [0.25, 0.3) is 0 Å². The standard InChI is InChI=1S/C22H27N3O4/c1-4-16-10-12-18(13-11-16)20(26)24-25-21(27)19(15(2)3)23-22(28)29-14-17-8-6-5-7-9-17/h5-13,15,19H,4,14H2,1-3H3,(H,23,28)(H,24,26)(H,25,27)/t19-/m0/s1. The van der Waals surface area contributed by atoms with Gasteiger partial charge in [-0.15, -0.1) is 0 Å². The first-order chi connectivity index (χ1) is 13.9. The SMILES string of the molecule is CCc1ccc(C(=O)NNC(=O)[C@@H](NC(=O)OCc2ccccc2)C(C)C)cc1. The molecule has 3 N–H and O–H groups in total. The molecule has 0 saturated heterocycles. The zero-order valence-corrected chi connectivity index (χ0v) is 16.9. The third-order valence-corrected chi connectivity index (χ3v) is 4.36. The summed E-state index contributed by atoms with van der Waals surface area (Å²) in [6.07, 6.45) is 0.171. The molecule has 0 aliphatic rings. The van der Waals surface area contributed by atoms with E-state index in [1.165, 1.54) is 0 Å². The van der Waals surface area contributed by atoms with Crippen LogP contribution >= 0.6 is 0 Å². The fourth-order valence-corrected chi connectivity index (χ4v) is 2.59. The summed E-state index contributed by atoms with van der Waals surface area (Å²) in [5, 5.41) is 2.54. The molecule has 0 heterocycles. The molecule has 0 spiro atoms. The van der Waals surface area contributed by atoms with Crippen LogP contribution in [0.3, 0.4) is 0 Å². The van der Waals surface area contributed by atoms with Crippen LogP contribution in [0.4, 0.5) is 4.79 Å². The van der Waals surface area contributed by atoms with E-state index >= 15 is 0 Å². The highest BCUT2D eigenvalue weighted by atomic mass is 16.5. The van der Waals surface area contributed by atoms with E-state index in [9.17, 15) is 14.4 Å². The maximum atomic E-state index is 12.4. The van der Waals surface area contributed by atoms with Crippen molar-refractivity contribution in [2.24, 2.45) is 5.92 Å². The van der Waals surface area contributed by atoms with Gasteiger partial charge in [0.1, 0.15) is 12.6 Å². The largest absolute Gasteiger partial charge is 0.445 e. The van der Waals surface area contributed by atoms with Crippen LogP contribution in [0.2, 0.25) is 0 Å². The van der Waals surface area contributed by atoms with Gasteiger partial charge in [0, 0.05) is 5.56 Å². The van der Waals surface area contributed by atoms with Crippen LogP contribution in [0.1, 0.15) is 42.3 Å². The molecule has 0 aromatic heterocycles. The average Bonchev–Trinajstić information content (AvgIpc) is 2.74. The van der Waals surface area contributed by atoms with Crippen LogP contribution < -0.4 is 16.2 Å². The fourth-order valence-electron chi connectivity index (χ4n) is 2.59. The lowest BCUT2D eigenvalue weighted by atomic mass is 10.0. The molecule has 7 nitrogen and oxygen atoms in total. The Morgan fingerprint density at radius 2 is 1.55 bits per heavy atom. The van der Waals surface area contributed by atoms with Crippen molar-refractivity contribution >= 4 is 17.9 Å². The summed E-state index contributed by atoms with van der Waals surface area (Å²) in [6.45, 7) is 5.70. The number of carbonyl (C=O) groups excluding carboxylic acids is 3. The number of amides is 3. The minimum absolute atomic E-state index is 0.101. The summed E-state index contributed by atoms with van der Waals surface area (Å²) in [7, 11) is 0. The second-order valence-electron chi connectivity index (χ2n) is 6.92. The molecule has 0 aliphatic carbocycles. The van der Waals surface area contributed by atoms with E-state index < -0.39 is 23.9 Å². The van der Waals surface area contributed by atoms with Gasteiger partial charge in [-0.25, -0.2) is 4.79 Å². The maximum Gasteiger partial charge on any atom is 0.408 e. The second-order valence-corrected chi connectivity index (χ2v) is 6.92. The van der Waals surface area contributed by atoms with Crippen molar-refractivity contribution in [3.8, 4) is 0 Å².